The fourth-order valence-corrected chi connectivity index (χ4v) is 3.17. The van der Waals surface area contributed by atoms with E-state index in [1.807, 2.05) is 6.07 Å². The van der Waals surface area contributed by atoms with Crippen molar-refractivity contribution in [2.45, 2.75) is 51.6 Å². The lowest BCUT2D eigenvalue weighted by atomic mass is 10.00. The van der Waals surface area contributed by atoms with Crippen molar-refractivity contribution in [2.75, 3.05) is 19.6 Å². The molecule has 0 spiro atoms. The average molecular weight is 317 g/mol. The third-order valence-electron chi connectivity index (χ3n) is 4.58. The molecule has 4 heteroatoms. The van der Waals surface area contributed by atoms with Crippen molar-refractivity contribution >= 4 is 5.91 Å². The molecule has 2 atom stereocenters. The molecule has 2 rings (SSSR count). The Morgan fingerprint density at radius 1 is 1.35 bits per heavy atom. The van der Waals surface area contributed by atoms with E-state index in [2.05, 4.69) is 61.0 Å². The first-order valence-electron chi connectivity index (χ1n) is 8.76. The van der Waals surface area contributed by atoms with Gasteiger partial charge in [0, 0.05) is 24.5 Å². The Kier molecular flexibility index (Phi) is 6.60. The standard InChI is InChI=1S/C19H31N3O/c1-15(17-7-5-4-6-8-17)22-19(2,3)14-21-18(23)10-9-16-11-12-20-13-16/h4-8,15-16,20,22H,9-14H2,1-3H3,(H,21,23). The fraction of sp³-hybridized carbons (Fsp3) is 0.632. The van der Waals surface area contributed by atoms with Gasteiger partial charge in [-0.3, -0.25) is 4.79 Å². The molecule has 1 aliphatic heterocycles. The highest BCUT2D eigenvalue weighted by molar-refractivity contribution is 5.75. The van der Waals surface area contributed by atoms with Crippen LogP contribution in [0.4, 0.5) is 0 Å². The van der Waals surface area contributed by atoms with E-state index in [4.69, 9.17) is 0 Å². The minimum atomic E-state index is -0.139. The maximum absolute atomic E-state index is 12.0. The third kappa shape index (κ3) is 6.32. The summed E-state index contributed by atoms with van der Waals surface area (Å²) in [7, 11) is 0. The topological polar surface area (TPSA) is 53.2 Å². The second kappa shape index (κ2) is 8.46. The number of benzene rings is 1. The zero-order chi connectivity index (χ0) is 16.7. The first-order valence-corrected chi connectivity index (χ1v) is 8.76. The Balaban J connectivity index is 1.71. The molecular formula is C19H31N3O. The van der Waals surface area contributed by atoms with Crippen molar-refractivity contribution in [1.82, 2.24) is 16.0 Å². The lowest BCUT2D eigenvalue weighted by Crippen LogP contribution is -2.49. The SMILES string of the molecule is CC(NC(C)(C)CNC(=O)CCC1CCNC1)c1ccccc1. The van der Waals surface area contributed by atoms with E-state index in [-0.39, 0.29) is 17.5 Å². The summed E-state index contributed by atoms with van der Waals surface area (Å²) in [5.74, 6) is 0.837. The van der Waals surface area contributed by atoms with Gasteiger partial charge in [0.1, 0.15) is 0 Å². The van der Waals surface area contributed by atoms with Crippen LogP contribution in [0.1, 0.15) is 51.6 Å². The summed E-state index contributed by atoms with van der Waals surface area (Å²) in [6, 6.07) is 10.7. The predicted molar refractivity (Wildman–Crippen MR) is 95.3 cm³/mol. The zero-order valence-electron chi connectivity index (χ0n) is 14.7. The summed E-state index contributed by atoms with van der Waals surface area (Å²) in [5.41, 5.74) is 1.13. The van der Waals surface area contributed by atoms with E-state index in [9.17, 15) is 4.79 Å². The maximum Gasteiger partial charge on any atom is 0.220 e. The summed E-state index contributed by atoms with van der Waals surface area (Å²) in [5, 5.41) is 10.0. The Labute approximate surface area is 140 Å². The number of carbonyl (C=O) groups is 1. The number of carbonyl (C=O) groups excluding carboxylic acids is 1. The summed E-state index contributed by atoms with van der Waals surface area (Å²) in [6.07, 6.45) is 2.83. The molecule has 1 fully saturated rings. The van der Waals surface area contributed by atoms with Gasteiger partial charge in [0.25, 0.3) is 0 Å². The Morgan fingerprint density at radius 3 is 2.74 bits per heavy atom. The smallest absolute Gasteiger partial charge is 0.220 e. The quantitative estimate of drug-likeness (QED) is 0.691. The molecule has 1 aromatic carbocycles. The maximum atomic E-state index is 12.0. The fourth-order valence-electron chi connectivity index (χ4n) is 3.17. The van der Waals surface area contributed by atoms with Crippen molar-refractivity contribution in [3.8, 4) is 0 Å². The van der Waals surface area contributed by atoms with Crippen molar-refractivity contribution in [3.63, 3.8) is 0 Å². The van der Waals surface area contributed by atoms with Crippen molar-refractivity contribution in [3.05, 3.63) is 35.9 Å². The van der Waals surface area contributed by atoms with Crippen LogP contribution in [-0.4, -0.2) is 31.1 Å². The lowest BCUT2D eigenvalue weighted by Gasteiger charge is -2.31. The van der Waals surface area contributed by atoms with Gasteiger partial charge >= 0.3 is 0 Å². The van der Waals surface area contributed by atoms with Gasteiger partial charge in [-0.05, 0) is 58.2 Å². The van der Waals surface area contributed by atoms with Crippen LogP contribution in [0.2, 0.25) is 0 Å². The van der Waals surface area contributed by atoms with E-state index in [0.717, 1.165) is 19.5 Å². The van der Waals surface area contributed by atoms with Crippen LogP contribution in [0.5, 0.6) is 0 Å². The molecule has 1 saturated heterocycles. The highest BCUT2D eigenvalue weighted by Gasteiger charge is 2.22. The van der Waals surface area contributed by atoms with Gasteiger partial charge in [0.15, 0.2) is 0 Å². The second-order valence-corrected chi connectivity index (χ2v) is 7.33. The molecule has 0 aliphatic carbocycles. The van der Waals surface area contributed by atoms with Crippen LogP contribution < -0.4 is 16.0 Å². The molecule has 128 valence electrons. The van der Waals surface area contributed by atoms with E-state index in [1.165, 1.54) is 12.0 Å². The highest BCUT2D eigenvalue weighted by Crippen LogP contribution is 2.16. The van der Waals surface area contributed by atoms with Crippen molar-refractivity contribution < 1.29 is 4.79 Å². The molecule has 3 N–H and O–H groups in total. The normalized spacial score (nSPS) is 19.5. The molecule has 0 radical (unpaired) electrons. The molecule has 0 bridgehead atoms. The molecule has 0 saturated carbocycles. The van der Waals surface area contributed by atoms with Gasteiger partial charge in [-0.15, -0.1) is 0 Å². The third-order valence-corrected chi connectivity index (χ3v) is 4.58. The molecule has 2 unspecified atom stereocenters. The Bertz CT molecular complexity index is 481. The Morgan fingerprint density at radius 2 is 2.09 bits per heavy atom. The van der Waals surface area contributed by atoms with Crippen LogP contribution in [0.15, 0.2) is 30.3 Å². The number of nitrogens with one attached hydrogen (secondary N) is 3. The molecule has 23 heavy (non-hydrogen) atoms. The number of rotatable bonds is 8. The molecule has 1 aromatic rings. The number of hydrogen-bond acceptors (Lipinski definition) is 3. The first kappa shape index (κ1) is 18.0. The molecule has 4 nitrogen and oxygen atoms in total. The average Bonchev–Trinajstić information content (AvgIpc) is 3.05. The van der Waals surface area contributed by atoms with E-state index in [0.29, 0.717) is 18.9 Å². The molecular weight excluding hydrogens is 286 g/mol. The minimum Gasteiger partial charge on any atom is -0.354 e. The van der Waals surface area contributed by atoms with E-state index in [1.54, 1.807) is 0 Å². The van der Waals surface area contributed by atoms with Crippen LogP contribution in [0.25, 0.3) is 0 Å². The predicted octanol–water partition coefficient (Wildman–Crippen LogP) is 2.62. The van der Waals surface area contributed by atoms with Crippen LogP contribution in [-0.2, 0) is 4.79 Å². The number of hydrogen-bond donors (Lipinski definition) is 3. The van der Waals surface area contributed by atoms with Gasteiger partial charge in [-0.25, -0.2) is 0 Å². The molecule has 1 amide bonds. The monoisotopic (exact) mass is 317 g/mol. The molecule has 0 aromatic heterocycles. The van der Waals surface area contributed by atoms with Gasteiger partial charge in [0.05, 0.1) is 0 Å². The largest absolute Gasteiger partial charge is 0.354 e. The minimum absolute atomic E-state index is 0.139. The lowest BCUT2D eigenvalue weighted by molar-refractivity contribution is -0.121. The summed E-state index contributed by atoms with van der Waals surface area (Å²) in [6.45, 7) is 9.23. The summed E-state index contributed by atoms with van der Waals surface area (Å²) < 4.78 is 0. The number of amides is 1. The van der Waals surface area contributed by atoms with Gasteiger partial charge < -0.3 is 16.0 Å². The van der Waals surface area contributed by atoms with Crippen LogP contribution >= 0.6 is 0 Å². The van der Waals surface area contributed by atoms with Crippen LogP contribution in [0, 0.1) is 5.92 Å². The van der Waals surface area contributed by atoms with Crippen LogP contribution in [0.3, 0.4) is 0 Å². The van der Waals surface area contributed by atoms with Gasteiger partial charge in [-0.1, -0.05) is 30.3 Å². The molecule has 1 aliphatic rings. The van der Waals surface area contributed by atoms with E-state index < -0.39 is 0 Å². The zero-order valence-corrected chi connectivity index (χ0v) is 14.7. The Hall–Kier alpha value is -1.39. The highest BCUT2D eigenvalue weighted by atomic mass is 16.1. The second-order valence-electron chi connectivity index (χ2n) is 7.33. The van der Waals surface area contributed by atoms with Crippen molar-refractivity contribution in [2.24, 2.45) is 5.92 Å². The first-order chi connectivity index (χ1) is 11.0. The summed E-state index contributed by atoms with van der Waals surface area (Å²) >= 11 is 0. The summed E-state index contributed by atoms with van der Waals surface area (Å²) in [4.78, 5) is 12.0. The van der Waals surface area contributed by atoms with Crippen molar-refractivity contribution in [1.29, 1.82) is 0 Å². The van der Waals surface area contributed by atoms with Gasteiger partial charge in [-0.2, -0.15) is 0 Å². The van der Waals surface area contributed by atoms with E-state index >= 15 is 0 Å². The molecule has 1 heterocycles. The van der Waals surface area contributed by atoms with Gasteiger partial charge in [0.2, 0.25) is 5.91 Å².